The highest BCUT2D eigenvalue weighted by Crippen LogP contribution is 2.57. The van der Waals surface area contributed by atoms with Gasteiger partial charge in [-0.3, -0.25) is 4.79 Å². The van der Waals surface area contributed by atoms with Crippen LogP contribution in [0.5, 0.6) is 0 Å². The second-order valence-corrected chi connectivity index (χ2v) is 4.44. The number of alkyl halides is 4. The zero-order valence-electron chi connectivity index (χ0n) is 9.17. The molecule has 0 bridgehead atoms. The molecule has 1 unspecified atom stereocenters. The molecule has 1 aromatic carbocycles. The molecule has 1 N–H and O–H groups in total. The second kappa shape index (κ2) is 3.96. The Labute approximate surface area is 100 Å². The summed E-state index contributed by atoms with van der Waals surface area (Å²) in [5, 5.41) is 8.90. The maximum absolute atomic E-state index is 14.0. The van der Waals surface area contributed by atoms with Crippen molar-refractivity contribution in [2.75, 3.05) is 0 Å². The maximum atomic E-state index is 14.0. The van der Waals surface area contributed by atoms with E-state index in [1.165, 1.54) is 0 Å². The third kappa shape index (κ3) is 2.07. The molecule has 1 atom stereocenters. The number of rotatable bonds is 3. The van der Waals surface area contributed by atoms with Crippen LogP contribution in [0.2, 0.25) is 0 Å². The highest BCUT2D eigenvalue weighted by atomic mass is 19.4. The molecule has 0 aliphatic heterocycles. The molecule has 2 rings (SSSR count). The van der Waals surface area contributed by atoms with Gasteiger partial charge >= 0.3 is 12.1 Å². The van der Waals surface area contributed by atoms with Gasteiger partial charge in [-0.25, -0.2) is 4.39 Å². The van der Waals surface area contributed by atoms with Crippen molar-refractivity contribution in [3.05, 3.63) is 35.4 Å². The summed E-state index contributed by atoms with van der Waals surface area (Å²) in [4.78, 5) is 10.9. The minimum atomic E-state index is -4.48. The third-order valence-corrected chi connectivity index (χ3v) is 3.23. The molecule has 0 amide bonds. The molecule has 18 heavy (non-hydrogen) atoms. The average Bonchev–Trinajstić information content (AvgIpc) is 3.08. The largest absolute Gasteiger partial charge is 0.481 e. The SMILES string of the molecule is O=C(O)C1(C(F)c2ccc(C(F)(F)F)cc2)CC1. The van der Waals surface area contributed by atoms with Gasteiger partial charge in [0, 0.05) is 0 Å². The van der Waals surface area contributed by atoms with Crippen LogP contribution in [0.15, 0.2) is 24.3 Å². The fraction of sp³-hybridized carbons (Fsp3) is 0.417. The molecule has 0 heterocycles. The number of hydrogen-bond donors (Lipinski definition) is 1. The Morgan fingerprint density at radius 3 is 2.06 bits per heavy atom. The van der Waals surface area contributed by atoms with Gasteiger partial charge in [0.2, 0.25) is 0 Å². The number of benzene rings is 1. The first-order chi connectivity index (χ1) is 8.27. The van der Waals surface area contributed by atoms with Gasteiger partial charge in [0.05, 0.1) is 5.56 Å². The lowest BCUT2D eigenvalue weighted by molar-refractivity contribution is -0.146. The van der Waals surface area contributed by atoms with Gasteiger partial charge in [-0.1, -0.05) is 12.1 Å². The van der Waals surface area contributed by atoms with Crippen molar-refractivity contribution >= 4 is 5.97 Å². The van der Waals surface area contributed by atoms with Crippen molar-refractivity contribution in [2.24, 2.45) is 5.41 Å². The van der Waals surface area contributed by atoms with Crippen LogP contribution in [0.4, 0.5) is 17.6 Å². The quantitative estimate of drug-likeness (QED) is 0.845. The van der Waals surface area contributed by atoms with Gasteiger partial charge in [-0.05, 0) is 30.5 Å². The normalized spacial score (nSPS) is 19.3. The predicted molar refractivity (Wildman–Crippen MR) is 54.6 cm³/mol. The van der Waals surface area contributed by atoms with E-state index in [4.69, 9.17) is 5.11 Å². The van der Waals surface area contributed by atoms with Crippen molar-refractivity contribution in [3.63, 3.8) is 0 Å². The topological polar surface area (TPSA) is 37.3 Å². The smallest absolute Gasteiger partial charge is 0.416 e. The lowest BCUT2D eigenvalue weighted by atomic mass is 9.93. The first-order valence-electron chi connectivity index (χ1n) is 5.32. The lowest BCUT2D eigenvalue weighted by Gasteiger charge is -2.16. The monoisotopic (exact) mass is 262 g/mol. The van der Waals surface area contributed by atoms with E-state index < -0.39 is 29.3 Å². The lowest BCUT2D eigenvalue weighted by Crippen LogP contribution is -2.21. The van der Waals surface area contributed by atoms with Crippen LogP contribution in [0.25, 0.3) is 0 Å². The Morgan fingerprint density at radius 2 is 1.72 bits per heavy atom. The van der Waals surface area contributed by atoms with Crippen LogP contribution in [-0.2, 0) is 11.0 Å². The molecule has 0 aromatic heterocycles. The summed E-state index contributed by atoms with van der Waals surface area (Å²) in [6.07, 6.45) is -5.82. The molecule has 0 spiro atoms. The number of hydrogen-bond acceptors (Lipinski definition) is 1. The molecule has 0 saturated heterocycles. The molecule has 0 radical (unpaired) electrons. The van der Waals surface area contributed by atoms with Crippen LogP contribution in [0, 0.1) is 5.41 Å². The zero-order chi connectivity index (χ0) is 13.6. The highest BCUT2D eigenvalue weighted by Gasteiger charge is 2.57. The molecular weight excluding hydrogens is 252 g/mol. The predicted octanol–water partition coefficient (Wildman–Crippen LogP) is 3.58. The summed E-state index contributed by atoms with van der Waals surface area (Å²) in [6, 6.07) is 3.52. The van der Waals surface area contributed by atoms with Gasteiger partial charge in [-0.2, -0.15) is 13.2 Å². The molecule has 1 fully saturated rings. The van der Waals surface area contributed by atoms with E-state index in [1.807, 2.05) is 0 Å². The fourth-order valence-corrected chi connectivity index (χ4v) is 1.87. The van der Waals surface area contributed by atoms with Crippen LogP contribution in [0.3, 0.4) is 0 Å². The van der Waals surface area contributed by atoms with Crippen LogP contribution in [-0.4, -0.2) is 11.1 Å². The second-order valence-electron chi connectivity index (χ2n) is 4.44. The van der Waals surface area contributed by atoms with Crippen molar-refractivity contribution in [3.8, 4) is 0 Å². The van der Waals surface area contributed by atoms with E-state index in [1.54, 1.807) is 0 Å². The van der Waals surface area contributed by atoms with Gasteiger partial charge < -0.3 is 5.11 Å². The van der Waals surface area contributed by atoms with Gasteiger partial charge in [-0.15, -0.1) is 0 Å². The number of carboxylic acid groups (broad SMARTS) is 1. The number of aliphatic carboxylic acids is 1. The van der Waals surface area contributed by atoms with Crippen molar-refractivity contribution in [1.82, 2.24) is 0 Å². The molecule has 2 nitrogen and oxygen atoms in total. The maximum Gasteiger partial charge on any atom is 0.416 e. The summed E-state index contributed by atoms with van der Waals surface area (Å²) >= 11 is 0. The molecule has 1 aromatic rings. The summed E-state index contributed by atoms with van der Waals surface area (Å²) < 4.78 is 50.9. The summed E-state index contributed by atoms with van der Waals surface area (Å²) in [6.45, 7) is 0. The van der Waals surface area contributed by atoms with Gasteiger partial charge in [0.25, 0.3) is 0 Å². The van der Waals surface area contributed by atoms with E-state index in [0.717, 1.165) is 24.3 Å². The molecule has 1 saturated carbocycles. The van der Waals surface area contributed by atoms with E-state index in [0.29, 0.717) is 0 Å². The first-order valence-corrected chi connectivity index (χ1v) is 5.32. The molecule has 1 aliphatic rings. The first kappa shape index (κ1) is 12.9. The van der Waals surface area contributed by atoms with Gasteiger partial charge in [0.1, 0.15) is 11.6 Å². The molecule has 6 heteroatoms. The number of carbonyl (C=O) groups is 1. The molecular formula is C12H10F4O2. The Kier molecular flexibility index (Phi) is 2.83. The summed E-state index contributed by atoms with van der Waals surface area (Å²) in [7, 11) is 0. The zero-order valence-corrected chi connectivity index (χ0v) is 9.17. The summed E-state index contributed by atoms with van der Waals surface area (Å²) in [5.74, 6) is -1.24. The Morgan fingerprint density at radius 1 is 1.22 bits per heavy atom. The Bertz CT molecular complexity index is 460. The van der Waals surface area contributed by atoms with Crippen LogP contribution >= 0.6 is 0 Å². The van der Waals surface area contributed by atoms with Crippen LogP contribution in [0.1, 0.15) is 30.1 Å². The Balaban J connectivity index is 2.23. The van der Waals surface area contributed by atoms with Crippen molar-refractivity contribution in [1.29, 1.82) is 0 Å². The fourth-order valence-electron chi connectivity index (χ4n) is 1.87. The van der Waals surface area contributed by atoms with Crippen molar-refractivity contribution < 1.29 is 27.5 Å². The Hall–Kier alpha value is -1.59. The number of halogens is 4. The minimum Gasteiger partial charge on any atom is -0.481 e. The summed E-state index contributed by atoms with van der Waals surface area (Å²) in [5.41, 5.74) is -2.35. The van der Waals surface area contributed by atoms with Crippen LogP contribution < -0.4 is 0 Å². The van der Waals surface area contributed by atoms with E-state index in [-0.39, 0.29) is 18.4 Å². The third-order valence-electron chi connectivity index (χ3n) is 3.23. The molecule has 98 valence electrons. The minimum absolute atomic E-state index is 0.0251. The van der Waals surface area contributed by atoms with Gasteiger partial charge in [0.15, 0.2) is 0 Å². The van der Waals surface area contributed by atoms with E-state index in [9.17, 15) is 22.4 Å². The number of carboxylic acids is 1. The highest BCUT2D eigenvalue weighted by molar-refractivity contribution is 5.79. The van der Waals surface area contributed by atoms with E-state index >= 15 is 0 Å². The van der Waals surface area contributed by atoms with Crippen molar-refractivity contribution in [2.45, 2.75) is 25.2 Å². The average molecular weight is 262 g/mol. The standard InChI is InChI=1S/C12H10F4O2/c13-9(11(5-6-11)10(17)18)7-1-3-8(4-2-7)12(14,15)16/h1-4,9H,5-6H2,(H,17,18). The van der Waals surface area contributed by atoms with E-state index in [2.05, 4.69) is 0 Å². The molecule has 1 aliphatic carbocycles.